The molecule has 1 aliphatic rings. The molecule has 1 N–H and O–H groups in total. The highest BCUT2D eigenvalue weighted by Crippen LogP contribution is 2.44. The van der Waals surface area contributed by atoms with Crippen LogP contribution >= 0.6 is 0 Å². The van der Waals surface area contributed by atoms with Crippen LogP contribution in [0.4, 0.5) is 0 Å². The molecule has 0 amide bonds. The first-order chi connectivity index (χ1) is 7.72. The molecule has 1 rings (SSSR count). The Hall–Kier alpha value is -0.0800. The van der Waals surface area contributed by atoms with Gasteiger partial charge in [-0.15, -0.1) is 0 Å². The number of ether oxygens (including phenoxy) is 1. The van der Waals surface area contributed by atoms with E-state index in [2.05, 4.69) is 53.9 Å². The second-order valence-electron chi connectivity index (χ2n) is 6.92. The lowest BCUT2D eigenvalue weighted by Gasteiger charge is -2.34. The molecule has 0 aromatic heterocycles. The minimum absolute atomic E-state index is 0.00929. The molecule has 3 atom stereocenters. The maximum Gasteiger partial charge on any atom is 0.0677 e. The van der Waals surface area contributed by atoms with Crippen molar-refractivity contribution in [1.29, 1.82) is 0 Å². The van der Waals surface area contributed by atoms with Crippen molar-refractivity contribution < 1.29 is 4.74 Å². The van der Waals surface area contributed by atoms with E-state index in [0.29, 0.717) is 12.0 Å². The summed E-state index contributed by atoms with van der Waals surface area (Å²) in [5.41, 5.74) is 0.0172. The Morgan fingerprint density at radius 3 is 2.24 bits per heavy atom. The van der Waals surface area contributed by atoms with Crippen molar-refractivity contribution in [2.45, 2.75) is 78.0 Å². The second-order valence-corrected chi connectivity index (χ2v) is 6.92. The van der Waals surface area contributed by atoms with Gasteiger partial charge in [0.2, 0.25) is 0 Å². The first-order valence-corrected chi connectivity index (χ1v) is 7.09. The maximum atomic E-state index is 6.21. The Bertz CT molecular complexity index is 247. The summed E-state index contributed by atoms with van der Waals surface area (Å²) in [7, 11) is 2.09. The lowest BCUT2D eigenvalue weighted by atomic mass is 9.78. The van der Waals surface area contributed by atoms with Crippen LogP contribution < -0.4 is 5.32 Å². The molecule has 0 bridgehead atoms. The summed E-state index contributed by atoms with van der Waals surface area (Å²) in [5.74, 6) is 1.39. The van der Waals surface area contributed by atoms with Crippen LogP contribution in [-0.2, 0) is 4.74 Å². The summed E-state index contributed by atoms with van der Waals surface area (Å²) in [5, 5.41) is 3.52. The van der Waals surface area contributed by atoms with Crippen molar-refractivity contribution in [2.75, 3.05) is 7.05 Å². The van der Waals surface area contributed by atoms with Crippen molar-refractivity contribution in [1.82, 2.24) is 5.32 Å². The van der Waals surface area contributed by atoms with Gasteiger partial charge in [0, 0.05) is 12.0 Å². The fraction of sp³-hybridized carbons (Fsp3) is 1.00. The predicted molar refractivity (Wildman–Crippen MR) is 74.3 cm³/mol. The van der Waals surface area contributed by atoms with E-state index < -0.39 is 0 Å². The van der Waals surface area contributed by atoms with Crippen molar-refractivity contribution >= 4 is 0 Å². The fourth-order valence-corrected chi connectivity index (χ4v) is 3.32. The molecule has 1 saturated heterocycles. The molecule has 0 saturated carbocycles. The topological polar surface area (TPSA) is 21.3 Å². The van der Waals surface area contributed by atoms with Crippen molar-refractivity contribution in [2.24, 2.45) is 11.8 Å². The van der Waals surface area contributed by atoms with E-state index in [9.17, 15) is 0 Å². The van der Waals surface area contributed by atoms with Gasteiger partial charge in [-0.25, -0.2) is 0 Å². The summed E-state index contributed by atoms with van der Waals surface area (Å²) in [6, 6.07) is 0.571. The SMILES string of the molecule is CCC(C)CC(NC)C1CC(C)(C)OC1(C)C. The molecule has 1 heterocycles. The van der Waals surface area contributed by atoms with Gasteiger partial charge in [-0.05, 0) is 53.5 Å². The molecule has 1 aliphatic heterocycles. The number of rotatable bonds is 5. The van der Waals surface area contributed by atoms with E-state index in [1.54, 1.807) is 0 Å². The normalized spacial score (nSPS) is 30.2. The van der Waals surface area contributed by atoms with E-state index in [1.807, 2.05) is 0 Å². The lowest BCUT2D eigenvalue weighted by Crippen LogP contribution is -2.43. The Balaban J connectivity index is 2.75. The van der Waals surface area contributed by atoms with Crippen LogP contribution in [0.2, 0.25) is 0 Å². The van der Waals surface area contributed by atoms with E-state index in [1.165, 1.54) is 12.8 Å². The third-order valence-corrected chi connectivity index (χ3v) is 4.35. The summed E-state index contributed by atoms with van der Waals surface area (Å²) >= 11 is 0. The molecular weight excluding hydrogens is 210 g/mol. The van der Waals surface area contributed by atoms with Crippen molar-refractivity contribution in [3.05, 3.63) is 0 Å². The smallest absolute Gasteiger partial charge is 0.0677 e. The highest BCUT2D eigenvalue weighted by molar-refractivity contribution is 4.99. The number of nitrogens with one attached hydrogen (secondary N) is 1. The molecule has 0 aromatic rings. The average molecular weight is 241 g/mol. The van der Waals surface area contributed by atoms with E-state index in [-0.39, 0.29) is 11.2 Å². The average Bonchev–Trinajstić information content (AvgIpc) is 2.42. The highest BCUT2D eigenvalue weighted by atomic mass is 16.5. The van der Waals surface area contributed by atoms with Crippen LogP contribution in [0.5, 0.6) is 0 Å². The Morgan fingerprint density at radius 1 is 1.29 bits per heavy atom. The third kappa shape index (κ3) is 3.69. The maximum absolute atomic E-state index is 6.21. The minimum Gasteiger partial charge on any atom is -0.369 e. The molecular formula is C15H31NO. The zero-order valence-electron chi connectivity index (χ0n) is 12.8. The predicted octanol–water partition coefficient (Wildman–Crippen LogP) is 3.60. The first kappa shape index (κ1) is 15.0. The molecule has 0 spiro atoms. The van der Waals surface area contributed by atoms with Crippen LogP contribution in [0.3, 0.4) is 0 Å². The van der Waals surface area contributed by atoms with Gasteiger partial charge < -0.3 is 10.1 Å². The van der Waals surface area contributed by atoms with Gasteiger partial charge in [-0.1, -0.05) is 20.3 Å². The quantitative estimate of drug-likeness (QED) is 0.794. The fourth-order valence-electron chi connectivity index (χ4n) is 3.32. The summed E-state index contributed by atoms with van der Waals surface area (Å²) < 4.78 is 6.21. The van der Waals surface area contributed by atoms with Crippen molar-refractivity contribution in [3.8, 4) is 0 Å². The Labute approximate surface area is 108 Å². The Kier molecular flexibility index (Phi) is 4.65. The van der Waals surface area contributed by atoms with Gasteiger partial charge >= 0.3 is 0 Å². The van der Waals surface area contributed by atoms with E-state index in [4.69, 9.17) is 4.74 Å². The van der Waals surface area contributed by atoms with Crippen LogP contribution in [0.15, 0.2) is 0 Å². The van der Waals surface area contributed by atoms with Gasteiger partial charge in [0.05, 0.1) is 11.2 Å². The van der Waals surface area contributed by atoms with Crippen LogP contribution in [-0.4, -0.2) is 24.3 Å². The summed E-state index contributed by atoms with van der Waals surface area (Å²) in [6.45, 7) is 13.5. The van der Waals surface area contributed by atoms with Crippen molar-refractivity contribution in [3.63, 3.8) is 0 Å². The van der Waals surface area contributed by atoms with Crippen LogP contribution in [0, 0.1) is 11.8 Å². The van der Waals surface area contributed by atoms with Gasteiger partial charge in [0.1, 0.15) is 0 Å². The van der Waals surface area contributed by atoms with Crippen LogP contribution in [0.25, 0.3) is 0 Å². The number of hydrogen-bond acceptors (Lipinski definition) is 2. The molecule has 0 radical (unpaired) electrons. The third-order valence-electron chi connectivity index (χ3n) is 4.35. The molecule has 1 fully saturated rings. The zero-order chi connectivity index (χ0) is 13.3. The van der Waals surface area contributed by atoms with E-state index in [0.717, 1.165) is 12.3 Å². The monoisotopic (exact) mass is 241 g/mol. The minimum atomic E-state index is -0.00929. The molecule has 102 valence electrons. The number of hydrogen-bond donors (Lipinski definition) is 1. The standard InChI is InChI=1S/C15H31NO/c1-8-11(2)9-13(16-7)12-10-14(3,4)17-15(12,5)6/h11-13,16H,8-10H2,1-7H3. The second kappa shape index (κ2) is 5.27. The summed E-state index contributed by atoms with van der Waals surface area (Å²) in [4.78, 5) is 0. The first-order valence-electron chi connectivity index (χ1n) is 7.09. The highest BCUT2D eigenvalue weighted by Gasteiger charge is 2.48. The lowest BCUT2D eigenvalue weighted by molar-refractivity contribution is -0.0780. The van der Waals surface area contributed by atoms with Gasteiger partial charge in [0.15, 0.2) is 0 Å². The summed E-state index contributed by atoms with van der Waals surface area (Å²) in [6.07, 6.45) is 3.66. The Morgan fingerprint density at radius 2 is 1.88 bits per heavy atom. The molecule has 0 aliphatic carbocycles. The molecule has 2 nitrogen and oxygen atoms in total. The van der Waals surface area contributed by atoms with Crippen LogP contribution in [0.1, 0.15) is 60.8 Å². The van der Waals surface area contributed by atoms with Gasteiger partial charge in [-0.2, -0.15) is 0 Å². The largest absolute Gasteiger partial charge is 0.369 e. The molecule has 3 unspecified atom stereocenters. The molecule has 17 heavy (non-hydrogen) atoms. The van der Waals surface area contributed by atoms with Gasteiger partial charge in [-0.3, -0.25) is 0 Å². The molecule has 0 aromatic carbocycles. The zero-order valence-corrected chi connectivity index (χ0v) is 12.8. The van der Waals surface area contributed by atoms with E-state index >= 15 is 0 Å². The van der Waals surface area contributed by atoms with Gasteiger partial charge in [0.25, 0.3) is 0 Å². The molecule has 2 heteroatoms.